The number of aromatic nitrogens is 2. The van der Waals surface area contributed by atoms with Crippen molar-refractivity contribution in [3.63, 3.8) is 0 Å². The molecule has 2 aromatic rings. The van der Waals surface area contributed by atoms with Gasteiger partial charge in [0.15, 0.2) is 0 Å². The van der Waals surface area contributed by atoms with Crippen molar-refractivity contribution in [1.82, 2.24) is 9.55 Å². The highest BCUT2D eigenvalue weighted by atomic mass is 35.5. The standard InChI is InChI=1S/C11H12N2O3.ClH/c1-7-12-9-4-3-8(16-2)5-10(9)13(7)6-11(14)15;/h3-5H,6H2,1-2H3,(H,14,15);1H. The minimum absolute atomic E-state index is 0. The van der Waals surface area contributed by atoms with E-state index >= 15 is 0 Å². The molecule has 0 bridgehead atoms. The molecule has 6 heteroatoms. The molecule has 0 saturated carbocycles. The van der Waals surface area contributed by atoms with Gasteiger partial charge in [0.1, 0.15) is 18.1 Å². The lowest BCUT2D eigenvalue weighted by Gasteiger charge is -2.04. The van der Waals surface area contributed by atoms with E-state index in [1.54, 1.807) is 30.7 Å². The van der Waals surface area contributed by atoms with E-state index in [9.17, 15) is 4.79 Å². The number of carboxylic acids is 1. The molecule has 0 unspecified atom stereocenters. The molecule has 0 amide bonds. The van der Waals surface area contributed by atoms with Crippen LogP contribution in [0.3, 0.4) is 0 Å². The SMILES string of the molecule is COc1ccc2nc(C)n(CC(=O)O)c2c1.Cl. The third-order valence-corrected chi connectivity index (χ3v) is 2.44. The van der Waals surface area contributed by atoms with E-state index in [0.29, 0.717) is 11.6 Å². The number of fused-ring (bicyclic) bond motifs is 1. The number of halogens is 1. The highest BCUT2D eigenvalue weighted by Crippen LogP contribution is 2.21. The number of nitrogens with zero attached hydrogens (tertiary/aromatic N) is 2. The first-order valence-electron chi connectivity index (χ1n) is 4.84. The number of carboxylic acid groups (broad SMARTS) is 1. The Morgan fingerprint density at radius 2 is 2.24 bits per heavy atom. The molecule has 0 fully saturated rings. The van der Waals surface area contributed by atoms with Gasteiger partial charge in [-0.3, -0.25) is 4.79 Å². The average Bonchev–Trinajstić information content (AvgIpc) is 2.54. The van der Waals surface area contributed by atoms with Gasteiger partial charge in [0, 0.05) is 6.07 Å². The van der Waals surface area contributed by atoms with Crippen LogP contribution in [0.25, 0.3) is 11.0 Å². The summed E-state index contributed by atoms with van der Waals surface area (Å²) in [5.41, 5.74) is 1.55. The summed E-state index contributed by atoms with van der Waals surface area (Å²) >= 11 is 0. The number of carbonyl (C=O) groups is 1. The largest absolute Gasteiger partial charge is 0.497 e. The lowest BCUT2D eigenvalue weighted by atomic mass is 10.3. The van der Waals surface area contributed by atoms with Crippen molar-refractivity contribution >= 4 is 29.4 Å². The number of hydrogen-bond donors (Lipinski definition) is 1. The van der Waals surface area contributed by atoms with Crippen LogP contribution in [0.15, 0.2) is 18.2 Å². The summed E-state index contributed by atoms with van der Waals surface area (Å²) in [6, 6.07) is 5.41. The Morgan fingerprint density at radius 3 is 2.82 bits per heavy atom. The highest BCUT2D eigenvalue weighted by Gasteiger charge is 2.10. The Hall–Kier alpha value is -1.75. The number of aryl methyl sites for hydroxylation is 1. The van der Waals surface area contributed by atoms with E-state index in [2.05, 4.69) is 4.98 Å². The molecule has 1 N–H and O–H groups in total. The fraction of sp³-hybridized carbons (Fsp3) is 0.273. The Labute approximate surface area is 104 Å². The second kappa shape index (κ2) is 5.05. The Bertz CT molecular complexity index is 551. The predicted molar refractivity (Wildman–Crippen MR) is 65.9 cm³/mol. The number of aliphatic carboxylic acids is 1. The van der Waals surface area contributed by atoms with Crippen LogP contribution >= 0.6 is 12.4 Å². The van der Waals surface area contributed by atoms with Gasteiger partial charge in [0.05, 0.1) is 18.1 Å². The maximum absolute atomic E-state index is 10.7. The van der Waals surface area contributed by atoms with Crippen molar-refractivity contribution in [1.29, 1.82) is 0 Å². The summed E-state index contributed by atoms with van der Waals surface area (Å²) in [4.78, 5) is 15.0. The van der Waals surface area contributed by atoms with E-state index in [1.807, 2.05) is 6.07 Å². The zero-order chi connectivity index (χ0) is 11.7. The first-order chi connectivity index (χ1) is 7.61. The van der Waals surface area contributed by atoms with Crippen LogP contribution < -0.4 is 4.74 Å². The van der Waals surface area contributed by atoms with Crippen LogP contribution in [0.5, 0.6) is 5.75 Å². The van der Waals surface area contributed by atoms with Crippen LogP contribution in [0.2, 0.25) is 0 Å². The van der Waals surface area contributed by atoms with Gasteiger partial charge in [-0.25, -0.2) is 4.98 Å². The van der Waals surface area contributed by atoms with Crippen LogP contribution in [-0.2, 0) is 11.3 Å². The van der Waals surface area contributed by atoms with E-state index in [1.165, 1.54) is 0 Å². The van der Waals surface area contributed by atoms with Crippen LogP contribution in [0.1, 0.15) is 5.82 Å². The zero-order valence-corrected chi connectivity index (χ0v) is 10.3. The predicted octanol–water partition coefficient (Wildman–Crippen LogP) is 1.86. The van der Waals surface area contributed by atoms with Gasteiger partial charge in [-0.2, -0.15) is 0 Å². The molecule has 1 heterocycles. The number of rotatable bonds is 3. The molecule has 17 heavy (non-hydrogen) atoms. The molecule has 5 nitrogen and oxygen atoms in total. The first-order valence-corrected chi connectivity index (χ1v) is 4.84. The summed E-state index contributed by atoms with van der Waals surface area (Å²) in [7, 11) is 1.58. The molecule has 0 radical (unpaired) electrons. The smallest absolute Gasteiger partial charge is 0.323 e. The Kier molecular flexibility index (Phi) is 3.96. The van der Waals surface area contributed by atoms with Gasteiger partial charge in [-0.05, 0) is 19.1 Å². The zero-order valence-electron chi connectivity index (χ0n) is 9.51. The molecule has 1 aromatic heterocycles. The number of methoxy groups -OCH3 is 1. The minimum atomic E-state index is -0.884. The van der Waals surface area contributed by atoms with Crippen molar-refractivity contribution < 1.29 is 14.6 Å². The van der Waals surface area contributed by atoms with Crippen LogP contribution in [-0.4, -0.2) is 27.7 Å². The maximum atomic E-state index is 10.7. The molecule has 0 atom stereocenters. The quantitative estimate of drug-likeness (QED) is 0.910. The van der Waals surface area contributed by atoms with Gasteiger partial charge in [-0.1, -0.05) is 0 Å². The third-order valence-electron chi connectivity index (χ3n) is 2.44. The number of hydrogen-bond acceptors (Lipinski definition) is 3. The monoisotopic (exact) mass is 256 g/mol. The second-order valence-corrected chi connectivity index (χ2v) is 3.49. The number of ether oxygens (including phenoxy) is 1. The molecule has 2 rings (SSSR count). The molecule has 1 aromatic carbocycles. The van der Waals surface area contributed by atoms with Crippen LogP contribution in [0.4, 0.5) is 0 Å². The van der Waals surface area contributed by atoms with Crippen LogP contribution in [0, 0.1) is 6.92 Å². The van der Waals surface area contributed by atoms with Gasteiger partial charge in [0.25, 0.3) is 0 Å². The van der Waals surface area contributed by atoms with E-state index in [4.69, 9.17) is 9.84 Å². The highest BCUT2D eigenvalue weighted by molar-refractivity contribution is 5.85. The summed E-state index contributed by atoms with van der Waals surface area (Å²) in [5.74, 6) is 0.495. The number of benzene rings is 1. The summed E-state index contributed by atoms with van der Waals surface area (Å²) < 4.78 is 6.76. The van der Waals surface area contributed by atoms with Crippen molar-refractivity contribution in [2.75, 3.05) is 7.11 Å². The maximum Gasteiger partial charge on any atom is 0.323 e. The average molecular weight is 257 g/mol. The van der Waals surface area contributed by atoms with Gasteiger partial charge in [-0.15, -0.1) is 12.4 Å². The fourth-order valence-corrected chi connectivity index (χ4v) is 1.68. The van der Waals surface area contributed by atoms with E-state index < -0.39 is 5.97 Å². The molecule has 0 aliphatic rings. The van der Waals surface area contributed by atoms with E-state index in [0.717, 1.165) is 11.0 Å². The fourth-order valence-electron chi connectivity index (χ4n) is 1.68. The Morgan fingerprint density at radius 1 is 1.53 bits per heavy atom. The lowest BCUT2D eigenvalue weighted by molar-refractivity contribution is -0.137. The van der Waals surface area contributed by atoms with Crippen molar-refractivity contribution in [3.8, 4) is 5.75 Å². The molecule has 92 valence electrons. The minimum Gasteiger partial charge on any atom is -0.497 e. The van der Waals surface area contributed by atoms with E-state index in [-0.39, 0.29) is 19.0 Å². The molecular formula is C11H13ClN2O3. The van der Waals surface area contributed by atoms with Gasteiger partial charge in [0.2, 0.25) is 0 Å². The summed E-state index contributed by atoms with van der Waals surface area (Å²) in [6.45, 7) is 1.70. The lowest BCUT2D eigenvalue weighted by Crippen LogP contribution is -2.09. The number of imidazole rings is 1. The molecular weight excluding hydrogens is 244 g/mol. The molecule has 0 saturated heterocycles. The van der Waals surface area contributed by atoms with Crippen molar-refractivity contribution in [2.45, 2.75) is 13.5 Å². The Balaban J connectivity index is 0.00000144. The molecule has 0 spiro atoms. The van der Waals surface area contributed by atoms with Crippen molar-refractivity contribution in [2.24, 2.45) is 0 Å². The normalized spacial score (nSPS) is 10.0. The second-order valence-electron chi connectivity index (χ2n) is 3.49. The molecule has 0 aliphatic heterocycles. The first kappa shape index (κ1) is 13.3. The van der Waals surface area contributed by atoms with Crippen molar-refractivity contribution in [3.05, 3.63) is 24.0 Å². The van der Waals surface area contributed by atoms with Gasteiger partial charge < -0.3 is 14.4 Å². The molecule has 0 aliphatic carbocycles. The van der Waals surface area contributed by atoms with Gasteiger partial charge >= 0.3 is 5.97 Å². The topological polar surface area (TPSA) is 64.4 Å². The summed E-state index contributed by atoms with van der Waals surface area (Å²) in [6.07, 6.45) is 0. The summed E-state index contributed by atoms with van der Waals surface area (Å²) in [5, 5.41) is 8.82. The third kappa shape index (κ3) is 2.50.